The van der Waals surface area contributed by atoms with E-state index >= 15 is 0 Å². The number of pyridine rings is 1. The molecule has 4 aromatic rings. The van der Waals surface area contributed by atoms with E-state index in [4.69, 9.17) is 20.4 Å². The Labute approximate surface area is 171 Å². The molecule has 0 saturated carbocycles. The zero-order valence-electron chi connectivity index (χ0n) is 16.1. The Hall–Kier alpha value is -3.85. The molecule has 1 aliphatic heterocycles. The minimum atomic E-state index is -0.562. The highest BCUT2D eigenvalue weighted by atomic mass is 16.5. The van der Waals surface area contributed by atoms with Gasteiger partial charge in [0, 0.05) is 24.7 Å². The summed E-state index contributed by atoms with van der Waals surface area (Å²) in [5.74, 6) is 1.03. The second kappa shape index (κ2) is 7.53. The number of nitrogens with one attached hydrogen (secondary N) is 1. The van der Waals surface area contributed by atoms with Gasteiger partial charge in [0.15, 0.2) is 11.5 Å². The number of nitrogens with zero attached hydrogens (tertiary/aromatic N) is 5. The summed E-state index contributed by atoms with van der Waals surface area (Å²) in [5, 5.41) is 11.8. The number of fused-ring (bicyclic) bond motifs is 2. The average Bonchev–Trinajstić information content (AvgIpc) is 3.22. The van der Waals surface area contributed by atoms with Crippen LogP contribution in [0.25, 0.3) is 17.3 Å². The van der Waals surface area contributed by atoms with Crippen molar-refractivity contribution in [1.82, 2.24) is 24.6 Å². The number of rotatable bonds is 5. The first-order valence-electron chi connectivity index (χ1n) is 9.60. The largest absolute Gasteiger partial charge is 0.376 e. The van der Waals surface area contributed by atoms with Crippen molar-refractivity contribution in [3.63, 3.8) is 0 Å². The molecule has 150 valence electrons. The van der Waals surface area contributed by atoms with Gasteiger partial charge in [0.05, 0.1) is 24.5 Å². The van der Waals surface area contributed by atoms with Crippen molar-refractivity contribution in [2.24, 2.45) is 5.73 Å². The van der Waals surface area contributed by atoms with Crippen LogP contribution < -0.4 is 11.1 Å². The molecule has 1 amide bonds. The number of amides is 1. The van der Waals surface area contributed by atoms with Gasteiger partial charge in [0.25, 0.3) is 5.91 Å². The quantitative estimate of drug-likeness (QED) is 0.524. The van der Waals surface area contributed by atoms with Crippen molar-refractivity contribution in [3.8, 4) is 11.6 Å². The van der Waals surface area contributed by atoms with Gasteiger partial charge in [0.1, 0.15) is 5.82 Å². The first-order chi connectivity index (χ1) is 14.7. The number of primary amides is 1. The number of hydrogen-bond acceptors (Lipinski definition) is 7. The molecule has 9 heteroatoms. The normalized spacial score (nSPS) is 13.2. The van der Waals surface area contributed by atoms with Gasteiger partial charge in [0.2, 0.25) is 5.82 Å². The second-order valence-electron chi connectivity index (χ2n) is 6.97. The molecule has 0 aliphatic carbocycles. The van der Waals surface area contributed by atoms with Crippen LogP contribution in [0, 0.1) is 0 Å². The van der Waals surface area contributed by atoms with Crippen molar-refractivity contribution in [1.29, 1.82) is 0 Å². The summed E-state index contributed by atoms with van der Waals surface area (Å²) in [6.45, 7) is 1.68. The minimum absolute atomic E-state index is 0.296. The molecule has 0 saturated heterocycles. The topological polar surface area (TPSA) is 120 Å². The molecule has 0 bridgehead atoms. The van der Waals surface area contributed by atoms with E-state index < -0.39 is 5.91 Å². The van der Waals surface area contributed by atoms with E-state index in [9.17, 15) is 4.79 Å². The Kier molecular flexibility index (Phi) is 4.56. The third-order valence-corrected chi connectivity index (χ3v) is 5.03. The van der Waals surface area contributed by atoms with E-state index in [-0.39, 0.29) is 0 Å². The van der Waals surface area contributed by atoms with Crippen LogP contribution in [0.3, 0.4) is 0 Å². The first-order valence-corrected chi connectivity index (χ1v) is 9.60. The summed E-state index contributed by atoms with van der Waals surface area (Å²) in [5.41, 5.74) is 9.15. The van der Waals surface area contributed by atoms with Crippen molar-refractivity contribution in [2.75, 3.05) is 11.9 Å². The zero-order valence-corrected chi connectivity index (χ0v) is 16.1. The number of aromatic nitrogens is 5. The smallest absolute Gasteiger partial charge is 0.252 e. The fourth-order valence-electron chi connectivity index (χ4n) is 3.52. The van der Waals surface area contributed by atoms with Crippen LogP contribution in [0.2, 0.25) is 0 Å². The maximum absolute atomic E-state index is 11.7. The molecule has 0 spiro atoms. The minimum Gasteiger partial charge on any atom is -0.376 e. The number of benzene rings is 1. The maximum Gasteiger partial charge on any atom is 0.252 e. The third kappa shape index (κ3) is 3.25. The lowest BCUT2D eigenvalue weighted by Gasteiger charge is -2.20. The Balaban J connectivity index is 1.58. The van der Waals surface area contributed by atoms with Gasteiger partial charge in [-0.05, 0) is 17.7 Å². The molecular formula is C21H19N7O2. The molecule has 3 N–H and O–H groups in total. The summed E-state index contributed by atoms with van der Waals surface area (Å²) in [6.07, 6.45) is 2.45. The zero-order chi connectivity index (χ0) is 20.5. The van der Waals surface area contributed by atoms with Crippen LogP contribution in [-0.4, -0.2) is 37.1 Å². The molecule has 1 aliphatic rings. The molecule has 9 nitrogen and oxygen atoms in total. The summed E-state index contributed by atoms with van der Waals surface area (Å²) in [4.78, 5) is 21.2. The van der Waals surface area contributed by atoms with Gasteiger partial charge in [-0.15, -0.1) is 10.2 Å². The Bertz CT molecular complexity index is 1240. The predicted octanol–water partition coefficient (Wildman–Crippen LogP) is 1.97. The molecule has 5 rings (SSSR count). The van der Waals surface area contributed by atoms with Crippen molar-refractivity contribution >= 4 is 17.4 Å². The molecule has 0 atom stereocenters. The summed E-state index contributed by atoms with van der Waals surface area (Å²) in [6, 6.07) is 13.4. The maximum atomic E-state index is 11.7. The van der Waals surface area contributed by atoms with Crippen molar-refractivity contribution < 1.29 is 9.53 Å². The predicted molar refractivity (Wildman–Crippen MR) is 110 cm³/mol. The summed E-state index contributed by atoms with van der Waals surface area (Å²) in [7, 11) is 0. The fraction of sp³-hybridized carbons (Fsp3) is 0.190. The van der Waals surface area contributed by atoms with Gasteiger partial charge >= 0.3 is 0 Å². The lowest BCUT2D eigenvalue weighted by atomic mass is 10.1. The SMILES string of the molecule is NC(=O)c1cccn2c(-c3nc4c(c(NCc5ccccc5)n3)COCC4)nnc12. The standard InChI is InChI=1S/C21H19N7O2/c22-17(29)14-7-4-9-28-20(14)26-27-21(28)19-24-16-8-10-30-12-15(16)18(25-19)23-11-13-5-2-1-3-6-13/h1-7,9H,8,10-12H2,(H2,22,29)(H,23,24,25). The van der Waals surface area contributed by atoms with Gasteiger partial charge in [-0.25, -0.2) is 9.97 Å². The molecule has 1 aromatic carbocycles. The summed E-state index contributed by atoms with van der Waals surface area (Å²) < 4.78 is 7.31. The van der Waals surface area contributed by atoms with E-state index in [0.29, 0.717) is 54.9 Å². The number of anilines is 1. The molecule has 30 heavy (non-hydrogen) atoms. The molecule has 4 heterocycles. The molecule has 3 aromatic heterocycles. The van der Waals surface area contributed by atoms with E-state index in [2.05, 4.69) is 27.6 Å². The van der Waals surface area contributed by atoms with Gasteiger partial charge in [-0.3, -0.25) is 9.20 Å². The van der Waals surface area contributed by atoms with Crippen molar-refractivity contribution in [3.05, 3.63) is 71.0 Å². The van der Waals surface area contributed by atoms with Crippen molar-refractivity contribution in [2.45, 2.75) is 19.6 Å². The average molecular weight is 401 g/mol. The van der Waals surface area contributed by atoms with Crippen LogP contribution in [0.5, 0.6) is 0 Å². The fourth-order valence-corrected chi connectivity index (χ4v) is 3.52. The van der Waals surface area contributed by atoms with Gasteiger partial charge in [-0.1, -0.05) is 30.3 Å². The number of carbonyl (C=O) groups is 1. The van der Waals surface area contributed by atoms with Crippen LogP contribution in [0.1, 0.15) is 27.2 Å². The monoisotopic (exact) mass is 401 g/mol. The third-order valence-electron chi connectivity index (χ3n) is 5.03. The van der Waals surface area contributed by atoms with E-state index in [1.165, 1.54) is 0 Å². The molecule has 0 unspecified atom stereocenters. The molecule has 0 fully saturated rings. The molecular weight excluding hydrogens is 382 g/mol. The highest BCUT2D eigenvalue weighted by Crippen LogP contribution is 2.26. The molecule has 0 radical (unpaired) electrons. The Morgan fingerprint density at radius 2 is 2.00 bits per heavy atom. The van der Waals surface area contributed by atoms with E-state index in [1.54, 1.807) is 22.7 Å². The van der Waals surface area contributed by atoms with E-state index in [0.717, 1.165) is 16.8 Å². The van der Waals surface area contributed by atoms with Crippen LogP contribution in [0.4, 0.5) is 5.82 Å². The number of hydrogen-bond donors (Lipinski definition) is 2. The van der Waals surface area contributed by atoms with Crippen LogP contribution >= 0.6 is 0 Å². The number of nitrogens with two attached hydrogens (primary N) is 1. The Morgan fingerprint density at radius 1 is 1.13 bits per heavy atom. The van der Waals surface area contributed by atoms with Crippen LogP contribution in [-0.2, 0) is 24.3 Å². The lowest BCUT2D eigenvalue weighted by Crippen LogP contribution is -2.17. The first kappa shape index (κ1) is 18.2. The second-order valence-corrected chi connectivity index (χ2v) is 6.97. The van der Waals surface area contributed by atoms with Crippen LogP contribution in [0.15, 0.2) is 48.7 Å². The highest BCUT2D eigenvalue weighted by molar-refractivity contribution is 5.98. The highest BCUT2D eigenvalue weighted by Gasteiger charge is 2.22. The lowest BCUT2D eigenvalue weighted by molar-refractivity contribution is 0.100. The number of carbonyl (C=O) groups excluding carboxylic acids is 1. The Morgan fingerprint density at radius 3 is 2.83 bits per heavy atom. The van der Waals surface area contributed by atoms with E-state index in [1.807, 2.05) is 18.2 Å². The summed E-state index contributed by atoms with van der Waals surface area (Å²) >= 11 is 0. The number of ether oxygens (including phenoxy) is 1. The van der Waals surface area contributed by atoms with Gasteiger partial charge < -0.3 is 15.8 Å². The van der Waals surface area contributed by atoms with Gasteiger partial charge in [-0.2, -0.15) is 0 Å².